The Morgan fingerprint density at radius 3 is 2.50 bits per heavy atom. The van der Waals surface area contributed by atoms with Gasteiger partial charge in [0.2, 0.25) is 0 Å². The van der Waals surface area contributed by atoms with Gasteiger partial charge in [-0.05, 0) is 0 Å². The Bertz CT molecular complexity index is 180. The van der Waals surface area contributed by atoms with Crippen LogP contribution in [0.1, 0.15) is 0 Å². The Morgan fingerprint density at radius 2 is 2.10 bits per heavy atom. The topological polar surface area (TPSA) is 79.8 Å². The smallest absolute Gasteiger partial charge is 0.145 e. The van der Waals surface area contributed by atoms with E-state index in [2.05, 4.69) is 5.32 Å². The normalized spacial score (nSPS) is 7.10. The van der Waals surface area contributed by atoms with Crippen LogP contribution in [-0.2, 0) is 0 Å². The van der Waals surface area contributed by atoms with Crippen LogP contribution >= 0.6 is 0 Å². The van der Waals surface area contributed by atoms with Gasteiger partial charge in [-0.25, -0.2) is 0 Å². The monoisotopic (exact) mass is 137 g/mol. The van der Waals surface area contributed by atoms with Gasteiger partial charge in [0.1, 0.15) is 17.7 Å². The largest absolute Gasteiger partial charge is 0.395 e. The van der Waals surface area contributed by atoms with Crippen LogP contribution in [0.3, 0.4) is 0 Å². The molecule has 0 aliphatic carbocycles. The summed E-state index contributed by atoms with van der Waals surface area (Å²) in [7, 11) is 0. The highest BCUT2D eigenvalue weighted by molar-refractivity contribution is 5.34. The summed E-state index contributed by atoms with van der Waals surface area (Å²) < 4.78 is 0. The molecule has 0 aromatic carbocycles. The van der Waals surface area contributed by atoms with Crippen molar-refractivity contribution in [3.8, 4) is 12.1 Å². The molecular weight excluding hydrogens is 130 g/mol. The van der Waals surface area contributed by atoms with Crippen molar-refractivity contribution in [1.82, 2.24) is 5.32 Å². The zero-order valence-electron chi connectivity index (χ0n) is 5.33. The highest BCUT2D eigenvalue weighted by atomic mass is 16.3. The molecule has 0 saturated heterocycles. The third kappa shape index (κ3) is 3.48. The van der Waals surface area contributed by atoms with E-state index in [0.717, 1.165) is 0 Å². The highest BCUT2D eigenvalue weighted by Crippen LogP contribution is 1.83. The van der Waals surface area contributed by atoms with Crippen LogP contribution in [0.4, 0.5) is 0 Å². The molecule has 0 aromatic rings. The molecule has 0 unspecified atom stereocenters. The zero-order valence-corrected chi connectivity index (χ0v) is 5.33. The molecule has 0 radical (unpaired) electrons. The zero-order chi connectivity index (χ0) is 7.82. The lowest BCUT2D eigenvalue weighted by Crippen LogP contribution is -2.11. The molecule has 4 heteroatoms. The molecule has 0 rings (SSSR count). The standard InChI is InChI=1S/C6H7N3O/c7-3-6(4-8)5-9-1-2-10/h5,9-10H,1-2H2. The lowest BCUT2D eigenvalue weighted by molar-refractivity contribution is 0.298. The average molecular weight is 137 g/mol. The summed E-state index contributed by atoms with van der Waals surface area (Å²) >= 11 is 0. The van der Waals surface area contributed by atoms with Crippen LogP contribution in [-0.4, -0.2) is 18.3 Å². The Hall–Kier alpha value is -1.52. The van der Waals surface area contributed by atoms with E-state index in [0.29, 0.717) is 6.54 Å². The maximum atomic E-state index is 8.27. The Morgan fingerprint density at radius 1 is 1.50 bits per heavy atom. The molecular formula is C6H7N3O. The molecule has 0 amide bonds. The van der Waals surface area contributed by atoms with E-state index in [1.165, 1.54) is 6.20 Å². The predicted octanol–water partition coefficient (Wildman–Crippen LogP) is -0.501. The van der Waals surface area contributed by atoms with Crippen LogP contribution in [0.2, 0.25) is 0 Å². The van der Waals surface area contributed by atoms with E-state index in [4.69, 9.17) is 15.6 Å². The number of nitriles is 2. The first-order valence-corrected chi connectivity index (χ1v) is 2.69. The first kappa shape index (κ1) is 8.48. The number of aliphatic hydroxyl groups is 1. The number of nitrogens with one attached hydrogen (secondary N) is 1. The van der Waals surface area contributed by atoms with Gasteiger partial charge in [0.15, 0.2) is 0 Å². The number of nitrogens with zero attached hydrogens (tertiary/aromatic N) is 2. The van der Waals surface area contributed by atoms with Crippen molar-refractivity contribution in [3.05, 3.63) is 11.8 Å². The van der Waals surface area contributed by atoms with Gasteiger partial charge in [-0.1, -0.05) is 0 Å². The third-order valence-electron chi connectivity index (χ3n) is 0.743. The fourth-order valence-electron chi connectivity index (χ4n) is 0.328. The number of hydrogen-bond donors (Lipinski definition) is 2. The molecule has 0 heterocycles. The van der Waals surface area contributed by atoms with E-state index in [-0.39, 0.29) is 12.2 Å². The molecule has 0 saturated carbocycles. The van der Waals surface area contributed by atoms with Gasteiger partial charge in [0.25, 0.3) is 0 Å². The Balaban J connectivity index is 3.71. The molecule has 0 aliphatic heterocycles. The van der Waals surface area contributed by atoms with Crippen LogP contribution in [0.15, 0.2) is 11.8 Å². The fraction of sp³-hybridized carbons (Fsp3) is 0.333. The van der Waals surface area contributed by atoms with Crippen molar-refractivity contribution in [2.75, 3.05) is 13.2 Å². The Labute approximate surface area is 59.0 Å². The molecule has 52 valence electrons. The van der Waals surface area contributed by atoms with Gasteiger partial charge in [-0.3, -0.25) is 0 Å². The van der Waals surface area contributed by atoms with Crippen molar-refractivity contribution in [2.45, 2.75) is 0 Å². The van der Waals surface area contributed by atoms with Gasteiger partial charge in [0, 0.05) is 12.7 Å². The minimum atomic E-state index is -0.0133. The molecule has 0 spiro atoms. The lowest BCUT2D eigenvalue weighted by atomic mass is 10.3. The predicted molar refractivity (Wildman–Crippen MR) is 34.4 cm³/mol. The minimum Gasteiger partial charge on any atom is -0.395 e. The van der Waals surface area contributed by atoms with Crippen molar-refractivity contribution in [2.24, 2.45) is 0 Å². The van der Waals surface area contributed by atoms with Crippen molar-refractivity contribution in [3.63, 3.8) is 0 Å². The summed E-state index contributed by atoms with van der Waals surface area (Å²) in [5.41, 5.74) is 0.00782. The second-order valence-corrected chi connectivity index (χ2v) is 1.46. The van der Waals surface area contributed by atoms with E-state index < -0.39 is 0 Å². The maximum Gasteiger partial charge on any atom is 0.145 e. The van der Waals surface area contributed by atoms with Gasteiger partial charge in [-0.2, -0.15) is 10.5 Å². The molecule has 0 atom stereocenters. The quantitative estimate of drug-likeness (QED) is 0.406. The second kappa shape index (κ2) is 5.61. The summed E-state index contributed by atoms with van der Waals surface area (Å²) in [5, 5.41) is 27.2. The molecule has 0 aliphatic rings. The first-order chi connectivity index (χ1) is 4.85. The van der Waals surface area contributed by atoms with Crippen molar-refractivity contribution >= 4 is 0 Å². The lowest BCUT2D eigenvalue weighted by Gasteiger charge is -1.92. The summed E-state index contributed by atoms with van der Waals surface area (Å²) in [5.74, 6) is 0. The Kier molecular flexibility index (Phi) is 4.76. The van der Waals surface area contributed by atoms with Gasteiger partial charge in [0.05, 0.1) is 6.61 Å². The van der Waals surface area contributed by atoms with Crippen LogP contribution in [0.25, 0.3) is 0 Å². The van der Waals surface area contributed by atoms with E-state index in [1.807, 2.05) is 0 Å². The van der Waals surface area contributed by atoms with Gasteiger partial charge in [-0.15, -0.1) is 0 Å². The van der Waals surface area contributed by atoms with E-state index in [1.54, 1.807) is 12.1 Å². The van der Waals surface area contributed by atoms with Crippen molar-refractivity contribution in [1.29, 1.82) is 10.5 Å². The average Bonchev–Trinajstić information content (AvgIpc) is 1.99. The summed E-state index contributed by atoms with van der Waals surface area (Å²) in [6, 6.07) is 3.33. The molecule has 0 fully saturated rings. The fourth-order valence-corrected chi connectivity index (χ4v) is 0.328. The number of rotatable bonds is 3. The third-order valence-corrected chi connectivity index (χ3v) is 0.743. The van der Waals surface area contributed by atoms with E-state index >= 15 is 0 Å². The highest BCUT2D eigenvalue weighted by Gasteiger charge is 1.87. The summed E-state index contributed by atoms with van der Waals surface area (Å²) in [4.78, 5) is 0. The van der Waals surface area contributed by atoms with Crippen molar-refractivity contribution < 1.29 is 5.11 Å². The minimum absolute atomic E-state index is 0.00782. The van der Waals surface area contributed by atoms with Crippen LogP contribution in [0, 0.1) is 22.7 Å². The number of hydrogen-bond acceptors (Lipinski definition) is 4. The van der Waals surface area contributed by atoms with Crippen LogP contribution < -0.4 is 5.32 Å². The summed E-state index contributed by atoms with van der Waals surface area (Å²) in [6.07, 6.45) is 1.27. The first-order valence-electron chi connectivity index (χ1n) is 2.69. The maximum absolute atomic E-state index is 8.27. The molecule has 2 N–H and O–H groups in total. The number of allylic oxidation sites excluding steroid dienone is 1. The SMILES string of the molecule is N#CC(C#N)=CNCCO. The number of aliphatic hydroxyl groups excluding tert-OH is 1. The second-order valence-electron chi connectivity index (χ2n) is 1.46. The summed E-state index contributed by atoms with van der Waals surface area (Å²) in [6.45, 7) is 0.341. The van der Waals surface area contributed by atoms with Gasteiger partial charge >= 0.3 is 0 Å². The molecule has 10 heavy (non-hydrogen) atoms. The molecule has 0 bridgehead atoms. The molecule has 4 nitrogen and oxygen atoms in total. The van der Waals surface area contributed by atoms with Gasteiger partial charge < -0.3 is 10.4 Å². The van der Waals surface area contributed by atoms with E-state index in [9.17, 15) is 0 Å². The molecule has 0 aromatic heterocycles. The van der Waals surface area contributed by atoms with Crippen LogP contribution in [0.5, 0.6) is 0 Å².